The normalized spacial score (nSPS) is 9.74. The minimum Gasteiger partial charge on any atom is -0.458 e. The van der Waals surface area contributed by atoms with E-state index in [0.717, 1.165) is 57.2 Å². The minimum atomic E-state index is -3.57. The number of ether oxygens (including phenoxy) is 9. The lowest BCUT2D eigenvalue weighted by atomic mass is 10.0. The van der Waals surface area contributed by atoms with Gasteiger partial charge in [-0.05, 0) is 171 Å². The van der Waals surface area contributed by atoms with Crippen molar-refractivity contribution < 1.29 is 97.7 Å². The fourth-order valence-corrected chi connectivity index (χ4v) is 8.68. The van der Waals surface area contributed by atoms with Crippen molar-refractivity contribution in [2.45, 2.75) is 196 Å². The predicted molar refractivity (Wildman–Crippen MR) is 456 cm³/mol. The summed E-state index contributed by atoms with van der Waals surface area (Å²) in [6.07, 6.45) is -6.48. The monoisotopic (exact) mass is 1610 g/mol. The lowest BCUT2D eigenvalue weighted by Crippen LogP contribution is -2.21. The maximum absolute atomic E-state index is 14.8. The Morgan fingerprint density at radius 1 is 0.267 bits per heavy atom. The Kier molecular flexibility index (Phi) is 56.5. The number of hydrogen-bond acceptors (Lipinski definition) is 15. The molecule has 0 saturated heterocycles. The second kappa shape index (κ2) is 60.6. The zero-order valence-electron chi connectivity index (χ0n) is 71.0. The van der Waals surface area contributed by atoms with Crippen LogP contribution in [0.25, 0.3) is 32.3 Å². The average Bonchev–Trinajstić information content (AvgIpc) is 0.808. The van der Waals surface area contributed by atoms with E-state index in [0.29, 0.717) is 38.4 Å². The Labute approximate surface area is 683 Å². The van der Waals surface area contributed by atoms with Gasteiger partial charge in [0.15, 0.2) is 0 Å². The van der Waals surface area contributed by atoms with Crippen LogP contribution in [0.15, 0.2) is 257 Å². The molecule has 9 aromatic carbocycles. The van der Waals surface area contributed by atoms with E-state index in [-0.39, 0.29) is 79.2 Å². The van der Waals surface area contributed by atoms with Crippen LogP contribution in [0.1, 0.15) is 189 Å². The lowest BCUT2D eigenvalue weighted by Gasteiger charge is -2.19. The van der Waals surface area contributed by atoms with E-state index in [1.807, 2.05) is 125 Å². The largest absolute Gasteiger partial charge is 0.458 e. The fourth-order valence-electron chi connectivity index (χ4n) is 8.68. The molecule has 9 rings (SSSR count). The standard InChI is InChI=1S/2C26H22F2O5.C25H20F2O5.9C2H6/c1-4-24(29)31-16-19-5-8-21-14-22(10-9-20(21)13-19)26(27,28)33-23-11-6-18(7-12-23)15-32-25(30)17(2)3;1-4-24(29)31-15-18-6-11-23(12-7-18)33-26(27,28)22-10-9-20-13-19(5-8-21(20)14-22)16-32-25(30)17(2)3;1-3-23(28)30-15-17-6-11-22(12-7-17)32-25(26,27)21-10-9-19-13-18(5-8-20(19)14-21)16-31-24(29)4-2;9*1-2/h2*4-14H,1-2,15-16H2,3H3;3-14H,1-2,15-16H2;9*1-2H3. The Balaban J connectivity index is -0.00000150. The Morgan fingerprint density at radius 2 is 0.440 bits per heavy atom. The smallest absolute Gasteiger partial charge is 0.426 e. The van der Waals surface area contributed by atoms with Gasteiger partial charge in [0.2, 0.25) is 0 Å². The van der Waals surface area contributed by atoms with Crippen LogP contribution in [0, 0.1) is 0 Å². The molecular formula is C95H118F6O15. The van der Waals surface area contributed by atoms with Crippen molar-refractivity contribution in [2.75, 3.05) is 0 Å². The van der Waals surface area contributed by atoms with E-state index < -0.39 is 54.1 Å². The highest BCUT2D eigenvalue weighted by Crippen LogP contribution is 2.37. The highest BCUT2D eigenvalue weighted by Gasteiger charge is 2.37. The SMILES string of the molecule is C=CC(=O)OCc1ccc(OC(F)(F)c2ccc3cc(COC(=O)C(=C)C)ccc3c2)cc1.C=CC(=O)OCc1ccc(OC(F)(F)c2ccc3cc(COC(=O)C=C)ccc3c2)cc1.C=CC(=O)OCc1ccc2cc(C(F)(F)Oc3ccc(COC(=O)C(=C)C)cc3)ccc2c1.CC.CC.CC.CC.CC.CC.CC.CC.CC. The molecule has 0 spiro atoms. The van der Waals surface area contributed by atoms with Crippen LogP contribution in [0.4, 0.5) is 26.3 Å². The van der Waals surface area contributed by atoms with Crippen molar-refractivity contribution in [3.05, 3.63) is 307 Å². The molecule has 0 fully saturated rings. The highest BCUT2D eigenvalue weighted by atomic mass is 19.3. The predicted octanol–water partition coefficient (Wildman–Crippen LogP) is 26.3. The van der Waals surface area contributed by atoms with E-state index >= 15 is 0 Å². The maximum atomic E-state index is 14.8. The third-order valence-corrected chi connectivity index (χ3v) is 13.9. The molecule has 0 unspecified atom stereocenters. The minimum absolute atomic E-state index is 0.000581. The van der Waals surface area contributed by atoms with Crippen LogP contribution in [0.5, 0.6) is 17.2 Å². The number of carbonyl (C=O) groups excluding carboxylic acids is 6. The Bertz CT molecular complexity index is 4450. The second-order valence-electron chi connectivity index (χ2n) is 21.4. The number of halogens is 6. The number of fused-ring (bicyclic) bond motifs is 3. The van der Waals surface area contributed by atoms with Crippen LogP contribution in [0.3, 0.4) is 0 Å². The summed E-state index contributed by atoms with van der Waals surface area (Å²) in [5.74, 6) is -3.34. The van der Waals surface area contributed by atoms with Gasteiger partial charge in [-0.3, -0.25) is 0 Å². The first-order valence-electron chi connectivity index (χ1n) is 38.5. The molecule has 0 saturated carbocycles. The van der Waals surface area contributed by atoms with Gasteiger partial charge in [-0.1, -0.05) is 255 Å². The molecule has 0 radical (unpaired) electrons. The number of carbonyl (C=O) groups is 6. The molecule has 0 bridgehead atoms. The van der Waals surface area contributed by atoms with E-state index in [9.17, 15) is 55.1 Å². The maximum Gasteiger partial charge on any atom is 0.426 e. The molecule has 21 heteroatoms. The highest BCUT2D eigenvalue weighted by molar-refractivity contribution is 5.89. The molecule has 0 heterocycles. The van der Waals surface area contributed by atoms with Crippen LogP contribution < -0.4 is 14.2 Å². The summed E-state index contributed by atoms with van der Waals surface area (Å²) in [4.78, 5) is 67.6. The summed E-state index contributed by atoms with van der Waals surface area (Å²) >= 11 is 0. The molecule has 116 heavy (non-hydrogen) atoms. The van der Waals surface area contributed by atoms with Crippen molar-refractivity contribution in [3.8, 4) is 17.2 Å². The zero-order chi connectivity index (χ0) is 89.2. The first-order valence-corrected chi connectivity index (χ1v) is 38.5. The van der Waals surface area contributed by atoms with Gasteiger partial charge in [0.05, 0.1) is 16.7 Å². The van der Waals surface area contributed by atoms with Gasteiger partial charge in [0, 0.05) is 35.5 Å². The molecular weight excluding hydrogens is 1500 g/mol. The molecule has 15 nitrogen and oxygen atoms in total. The van der Waals surface area contributed by atoms with E-state index in [1.54, 1.807) is 79.7 Å². The van der Waals surface area contributed by atoms with Crippen LogP contribution in [-0.2, 0) is 115 Å². The van der Waals surface area contributed by atoms with Crippen molar-refractivity contribution >= 4 is 68.1 Å². The van der Waals surface area contributed by atoms with Gasteiger partial charge in [0.25, 0.3) is 0 Å². The van der Waals surface area contributed by atoms with Crippen LogP contribution >= 0.6 is 0 Å². The van der Waals surface area contributed by atoms with Gasteiger partial charge in [-0.2, -0.15) is 26.3 Å². The number of hydrogen-bond donors (Lipinski definition) is 0. The Hall–Kier alpha value is -12.0. The third-order valence-electron chi connectivity index (χ3n) is 13.9. The van der Waals surface area contributed by atoms with Gasteiger partial charge in [-0.15, -0.1) is 0 Å². The van der Waals surface area contributed by atoms with Crippen molar-refractivity contribution in [2.24, 2.45) is 0 Å². The molecule has 0 atom stereocenters. The fraction of sp³-hybridized carbons (Fsp3) is 0.305. The molecule has 0 aromatic heterocycles. The van der Waals surface area contributed by atoms with Crippen molar-refractivity contribution in [1.29, 1.82) is 0 Å². The molecule has 9 aromatic rings. The first-order chi connectivity index (χ1) is 55.6. The summed E-state index contributed by atoms with van der Waals surface area (Å²) in [7, 11) is 0. The lowest BCUT2D eigenvalue weighted by molar-refractivity contribution is -0.186. The van der Waals surface area contributed by atoms with Crippen LogP contribution in [0.2, 0.25) is 0 Å². The van der Waals surface area contributed by atoms with Gasteiger partial charge < -0.3 is 42.6 Å². The summed E-state index contributed by atoms with van der Waals surface area (Å²) in [6.45, 7) is 59.6. The van der Waals surface area contributed by atoms with E-state index in [1.165, 1.54) is 116 Å². The second-order valence-corrected chi connectivity index (χ2v) is 21.4. The van der Waals surface area contributed by atoms with Crippen molar-refractivity contribution in [1.82, 2.24) is 0 Å². The van der Waals surface area contributed by atoms with Crippen molar-refractivity contribution in [3.63, 3.8) is 0 Å². The summed E-state index contributed by atoms with van der Waals surface area (Å²) in [5.41, 5.74) is 3.70. The van der Waals surface area contributed by atoms with E-state index in [2.05, 4.69) is 39.5 Å². The number of benzene rings is 9. The Morgan fingerprint density at radius 3 is 0.647 bits per heavy atom. The van der Waals surface area contributed by atoms with Gasteiger partial charge >= 0.3 is 54.1 Å². The zero-order valence-corrected chi connectivity index (χ0v) is 71.0. The van der Waals surface area contributed by atoms with Crippen LogP contribution in [-0.4, -0.2) is 35.8 Å². The van der Waals surface area contributed by atoms with Gasteiger partial charge in [0.1, 0.15) is 56.9 Å². The average molecular weight is 1610 g/mol. The quantitative estimate of drug-likeness (QED) is 0.0205. The first kappa shape index (κ1) is 108. The molecule has 0 N–H and O–H groups in total. The summed E-state index contributed by atoms with van der Waals surface area (Å²) in [6, 6.07) is 45.4. The molecule has 0 amide bonds. The topological polar surface area (TPSA) is 185 Å². The molecule has 0 aliphatic carbocycles. The molecule has 630 valence electrons. The number of rotatable bonds is 27. The third kappa shape index (κ3) is 39.2. The number of esters is 6. The summed E-state index contributed by atoms with van der Waals surface area (Å²) < 4.78 is 133. The molecule has 0 aliphatic heterocycles. The number of alkyl halides is 6. The van der Waals surface area contributed by atoms with Gasteiger partial charge in [-0.25, -0.2) is 28.8 Å². The molecule has 0 aliphatic rings. The summed E-state index contributed by atoms with van der Waals surface area (Å²) in [5, 5.41) is 3.92. The van der Waals surface area contributed by atoms with E-state index in [4.69, 9.17) is 42.6 Å².